The molecule has 1 aliphatic heterocycles. The van der Waals surface area contributed by atoms with E-state index in [1.165, 1.54) is 73.7 Å². The monoisotopic (exact) mass is 651 g/mol. The molecule has 3 aromatic carbocycles. The van der Waals surface area contributed by atoms with Gasteiger partial charge in [0.05, 0.1) is 47.3 Å². The highest BCUT2D eigenvalue weighted by atomic mass is 35.5. The van der Waals surface area contributed by atoms with Crippen molar-refractivity contribution in [2.24, 2.45) is 5.92 Å². The number of sulfonamides is 2. The number of aliphatic hydroxyl groups excluding tert-OH is 1. The Morgan fingerprint density at radius 2 is 1.70 bits per heavy atom. The third kappa shape index (κ3) is 7.07. The Hall–Kier alpha value is -3.36. The van der Waals surface area contributed by atoms with Crippen LogP contribution in [0.25, 0.3) is 0 Å². The molecule has 0 saturated heterocycles. The van der Waals surface area contributed by atoms with Gasteiger partial charge in [-0.05, 0) is 67.6 Å². The fraction of sp³-hybridized carbons (Fsp3) is 0.345. The van der Waals surface area contributed by atoms with Gasteiger partial charge in [-0.3, -0.25) is 9.52 Å². The minimum absolute atomic E-state index is 0.00262. The van der Waals surface area contributed by atoms with Crippen molar-refractivity contribution in [1.29, 1.82) is 0 Å². The zero-order chi connectivity index (χ0) is 31.5. The molecule has 43 heavy (non-hydrogen) atoms. The summed E-state index contributed by atoms with van der Waals surface area (Å²) in [5.74, 6) is -0.437. The SMILES string of the molecule is COc1ccc(S(=O)(=O)N(C)C[C@H]2Oc3c(NS(=O)(=O)c4ccc(Cl)cc4)cccc3C(=O)N([C@H](C)CO)C[C@H]2C)cc1. The van der Waals surface area contributed by atoms with Gasteiger partial charge in [0.1, 0.15) is 11.9 Å². The van der Waals surface area contributed by atoms with Gasteiger partial charge in [-0.1, -0.05) is 24.6 Å². The highest BCUT2D eigenvalue weighted by Crippen LogP contribution is 2.36. The maximum atomic E-state index is 13.7. The number of likely N-dealkylation sites (N-methyl/N-ethyl adjacent to an activating group) is 1. The van der Waals surface area contributed by atoms with E-state index in [4.69, 9.17) is 21.1 Å². The number of nitrogens with one attached hydrogen (secondary N) is 1. The Labute approximate surface area is 257 Å². The molecule has 3 atom stereocenters. The summed E-state index contributed by atoms with van der Waals surface area (Å²) in [4.78, 5) is 15.2. The summed E-state index contributed by atoms with van der Waals surface area (Å²) in [5.41, 5.74) is 0.0614. The molecule has 0 aliphatic carbocycles. The normalized spacial score (nSPS) is 18.3. The van der Waals surface area contributed by atoms with Crippen LogP contribution in [0.2, 0.25) is 5.02 Å². The number of benzene rings is 3. The lowest BCUT2D eigenvalue weighted by molar-refractivity contribution is 0.0389. The van der Waals surface area contributed by atoms with Crippen molar-refractivity contribution in [2.45, 2.75) is 35.8 Å². The van der Waals surface area contributed by atoms with Crippen LogP contribution in [0.1, 0.15) is 24.2 Å². The van der Waals surface area contributed by atoms with Crippen LogP contribution in [0.5, 0.6) is 11.5 Å². The topological polar surface area (TPSA) is 143 Å². The molecule has 14 heteroatoms. The lowest BCUT2D eigenvalue weighted by Crippen LogP contribution is -2.50. The second-order valence-electron chi connectivity index (χ2n) is 10.3. The van der Waals surface area contributed by atoms with Crippen molar-refractivity contribution in [3.05, 3.63) is 77.3 Å². The number of rotatable bonds is 10. The number of methoxy groups -OCH3 is 1. The van der Waals surface area contributed by atoms with Crippen LogP contribution in [0.15, 0.2) is 76.5 Å². The number of anilines is 1. The number of hydrogen-bond donors (Lipinski definition) is 2. The van der Waals surface area contributed by atoms with Gasteiger partial charge in [0, 0.05) is 24.5 Å². The van der Waals surface area contributed by atoms with Crippen molar-refractivity contribution in [3.8, 4) is 11.5 Å². The van der Waals surface area contributed by atoms with Gasteiger partial charge in [0.15, 0.2) is 5.75 Å². The Morgan fingerprint density at radius 3 is 2.30 bits per heavy atom. The summed E-state index contributed by atoms with van der Waals surface area (Å²) < 4.78 is 68.6. The Kier molecular flexibility index (Phi) is 9.92. The fourth-order valence-corrected chi connectivity index (χ4v) is 7.01. The van der Waals surface area contributed by atoms with E-state index in [2.05, 4.69) is 4.72 Å². The van der Waals surface area contributed by atoms with E-state index in [1.54, 1.807) is 26.0 Å². The Balaban J connectivity index is 1.74. The molecule has 3 aromatic rings. The van der Waals surface area contributed by atoms with Crippen molar-refractivity contribution in [3.63, 3.8) is 0 Å². The minimum Gasteiger partial charge on any atom is -0.497 e. The summed E-state index contributed by atoms with van der Waals surface area (Å²) >= 11 is 5.93. The molecule has 1 amide bonds. The summed E-state index contributed by atoms with van der Waals surface area (Å²) in [6.07, 6.45) is -0.820. The maximum absolute atomic E-state index is 13.7. The molecule has 11 nitrogen and oxygen atoms in total. The van der Waals surface area contributed by atoms with Crippen LogP contribution in [0.3, 0.4) is 0 Å². The number of para-hydroxylation sites is 1. The van der Waals surface area contributed by atoms with E-state index in [1.807, 2.05) is 0 Å². The predicted octanol–water partition coefficient (Wildman–Crippen LogP) is 3.69. The average Bonchev–Trinajstić information content (AvgIpc) is 2.98. The molecule has 232 valence electrons. The number of halogens is 1. The number of carbonyl (C=O) groups excluding carboxylic acids is 1. The van der Waals surface area contributed by atoms with Gasteiger partial charge in [-0.25, -0.2) is 16.8 Å². The molecule has 1 heterocycles. The van der Waals surface area contributed by atoms with Crippen molar-refractivity contribution in [1.82, 2.24) is 9.21 Å². The van der Waals surface area contributed by atoms with E-state index in [-0.39, 0.29) is 46.5 Å². The van der Waals surface area contributed by atoms with Crippen LogP contribution in [-0.4, -0.2) is 83.1 Å². The smallest absolute Gasteiger partial charge is 0.262 e. The molecular formula is C29H34ClN3O8S2. The molecule has 2 N–H and O–H groups in total. The largest absolute Gasteiger partial charge is 0.497 e. The molecule has 0 fully saturated rings. The Morgan fingerprint density at radius 1 is 1.07 bits per heavy atom. The van der Waals surface area contributed by atoms with E-state index in [0.717, 1.165) is 4.31 Å². The summed E-state index contributed by atoms with van der Waals surface area (Å²) in [6, 6.07) is 15.4. The highest BCUT2D eigenvalue weighted by Gasteiger charge is 2.36. The van der Waals surface area contributed by atoms with E-state index in [9.17, 15) is 26.7 Å². The number of fused-ring (bicyclic) bond motifs is 1. The summed E-state index contributed by atoms with van der Waals surface area (Å²) in [6.45, 7) is 3.21. The minimum atomic E-state index is -4.13. The van der Waals surface area contributed by atoms with E-state index < -0.39 is 44.0 Å². The standard InChI is InChI=1S/C29H34ClN3O8S2/c1-19-16-33(20(2)18-34)29(35)25-6-5-7-26(31-42(36,37)23-12-8-21(30)9-13-23)28(25)41-27(19)17-32(3)43(38,39)24-14-10-22(40-4)11-15-24/h5-15,19-20,27,31,34H,16-18H2,1-4H3/t19-,20-,27-/m1/s1. The van der Waals surface area contributed by atoms with Gasteiger partial charge in [0.2, 0.25) is 10.0 Å². The lowest BCUT2D eigenvalue weighted by atomic mass is 9.99. The number of aliphatic hydroxyl groups is 1. The highest BCUT2D eigenvalue weighted by molar-refractivity contribution is 7.92. The molecule has 4 rings (SSSR count). The van der Waals surface area contributed by atoms with E-state index >= 15 is 0 Å². The van der Waals surface area contributed by atoms with Crippen LogP contribution in [-0.2, 0) is 20.0 Å². The van der Waals surface area contributed by atoms with Crippen LogP contribution < -0.4 is 14.2 Å². The molecule has 0 unspecified atom stereocenters. The summed E-state index contributed by atoms with van der Waals surface area (Å²) in [7, 11) is -5.18. The zero-order valence-corrected chi connectivity index (χ0v) is 26.5. The van der Waals surface area contributed by atoms with Gasteiger partial charge >= 0.3 is 0 Å². The van der Waals surface area contributed by atoms with Gasteiger partial charge in [-0.15, -0.1) is 0 Å². The first-order chi connectivity index (χ1) is 20.3. The maximum Gasteiger partial charge on any atom is 0.262 e. The van der Waals surface area contributed by atoms with Gasteiger partial charge in [0.25, 0.3) is 15.9 Å². The molecule has 0 radical (unpaired) electrons. The van der Waals surface area contributed by atoms with Crippen LogP contribution in [0.4, 0.5) is 5.69 Å². The number of ether oxygens (including phenoxy) is 2. The number of hydrogen-bond acceptors (Lipinski definition) is 8. The molecule has 0 spiro atoms. The quantitative estimate of drug-likeness (QED) is 0.338. The predicted molar refractivity (Wildman–Crippen MR) is 163 cm³/mol. The second kappa shape index (κ2) is 13.1. The fourth-order valence-electron chi connectivity index (χ4n) is 4.64. The third-order valence-corrected chi connectivity index (χ3v) is 10.7. The molecular weight excluding hydrogens is 618 g/mol. The van der Waals surface area contributed by atoms with Crippen LogP contribution >= 0.6 is 11.6 Å². The van der Waals surface area contributed by atoms with Crippen LogP contribution in [0, 0.1) is 5.92 Å². The summed E-state index contributed by atoms with van der Waals surface area (Å²) in [5, 5.41) is 10.3. The van der Waals surface area contributed by atoms with Gasteiger partial charge in [-0.2, -0.15) is 4.31 Å². The molecule has 0 aromatic heterocycles. The first-order valence-corrected chi connectivity index (χ1v) is 16.7. The molecule has 0 saturated carbocycles. The van der Waals surface area contributed by atoms with Crippen molar-refractivity contribution in [2.75, 3.05) is 38.6 Å². The third-order valence-electron chi connectivity index (χ3n) is 7.26. The first-order valence-electron chi connectivity index (χ1n) is 13.4. The number of carbonyl (C=O) groups is 1. The lowest BCUT2D eigenvalue weighted by Gasteiger charge is -2.38. The van der Waals surface area contributed by atoms with Crippen molar-refractivity contribution >= 4 is 43.2 Å². The van der Waals surface area contributed by atoms with Gasteiger partial charge < -0.3 is 19.5 Å². The van der Waals surface area contributed by atoms with E-state index in [0.29, 0.717) is 10.8 Å². The van der Waals surface area contributed by atoms with Crippen molar-refractivity contribution < 1.29 is 36.2 Å². The molecule has 1 aliphatic rings. The average molecular weight is 652 g/mol. The first kappa shape index (κ1) is 32.6. The zero-order valence-electron chi connectivity index (χ0n) is 24.1. The Bertz CT molecular complexity index is 1670. The number of amides is 1. The second-order valence-corrected chi connectivity index (χ2v) is 14.5. The number of nitrogens with zero attached hydrogens (tertiary/aromatic N) is 2. The molecule has 0 bridgehead atoms.